The van der Waals surface area contributed by atoms with Crippen molar-refractivity contribution in [3.63, 3.8) is 0 Å². The van der Waals surface area contributed by atoms with Crippen LogP contribution in [0.3, 0.4) is 0 Å². The van der Waals surface area contributed by atoms with Gasteiger partial charge in [0, 0.05) is 11.9 Å². The van der Waals surface area contributed by atoms with Crippen molar-refractivity contribution in [3.05, 3.63) is 82.9 Å². The molecule has 2 N–H and O–H groups in total. The molecule has 0 bridgehead atoms. The van der Waals surface area contributed by atoms with Crippen LogP contribution < -0.4 is 11.0 Å². The second-order valence-electron chi connectivity index (χ2n) is 6.21. The average molecular weight is 398 g/mol. The lowest BCUT2D eigenvalue weighted by molar-refractivity contribution is -0.137. The van der Waals surface area contributed by atoms with Gasteiger partial charge in [0.05, 0.1) is 10.9 Å². The lowest BCUT2D eigenvalue weighted by atomic mass is 10.0. The Hall–Kier alpha value is -3.88. The van der Waals surface area contributed by atoms with Crippen LogP contribution in [0.1, 0.15) is 5.56 Å². The topological polar surface area (TPSA) is 80.0 Å². The maximum absolute atomic E-state index is 12.8. The SMILES string of the molecule is O=c1nc(Nc2cccc(-c3ccc(C(F)(F)F)cc3)c2)c2cccnc2n1O. The van der Waals surface area contributed by atoms with Crippen LogP contribution in [0, 0.1) is 0 Å². The Balaban J connectivity index is 1.70. The molecule has 2 heterocycles. The molecule has 4 rings (SSSR count). The Morgan fingerprint density at radius 1 is 0.966 bits per heavy atom. The zero-order chi connectivity index (χ0) is 20.6. The second-order valence-corrected chi connectivity index (χ2v) is 6.21. The molecule has 0 saturated carbocycles. The quantitative estimate of drug-likeness (QED) is 0.498. The van der Waals surface area contributed by atoms with Crippen molar-refractivity contribution >= 4 is 22.5 Å². The van der Waals surface area contributed by atoms with Crippen LogP contribution in [0.4, 0.5) is 24.7 Å². The second kappa shape index (κ2) is 6.93. The largest absolute Gasteiger partial charge is 0.422 e. The summed E-state index contributed by atoms with van der Waals surface area (Å²) in [6.07, 6.45) is -2.96. The summed E-state index contributed by atoms with van der Waals surface area (Å²) in [6, 6.07) is 15.0. The van der Waals surface area contributed by atoms with E-state index in [0.29, 0.717) is 26.9 Å². The summed E-state index contributed by atoms with van der Waals surface area (Å²) in [7, 11) is 0. The van der Waals surface area contributed by atoms with Gasteiger partial charge in [-0.15, -0.1) is 4.73 Å². The number of fused-ring (bicyclic) bond motifs is 1. The van der Waals surface area contributed by atoms with Crippen LogP contribution in [-0.4, -0.2) is 19.9 Å². The Bertz CT molecular complexity index is 1250. The highest BCUT2D eigenvalue weighted by atomic mass is 19.4. The summed E-state index contributed by atoms with van der Waals surface area (Å²) in [5, 5.41) is 13.2. The molecule has 0 aliphatic carbocycles. The fraction of sp³-hybridized carbons (Fsp3) is 0.0500. The lowest BCUT2D eigenvalue weighted by Crippen LogP contribution is -2.23. The molecule has 2 aromatic heterocycles. The van der Waals surface area contributed by atoms with Gasteiger partial charge in [-0.3, -0.25) is 0 Å². The third kappa shape index (κ3) is 3.62. The number of hydrogen-bond donors (Lipinski definition) is 2. The highest BCUT2D eigenvalue weighted by Gasteiger charge is 2.29. The van der Waals surface area contributed by atoms with E-state index >= 15 is 0 Å². The van der Waals surface area contributed by atoms with Crippen molar-refractivity contribution < 1.29 is 18.4 Å². The van der Waals surface area contributed by atoms with E-state index in [1.54, 1.807) is 36.4 Å². The Labute approximate surface area is 161 Å². The fourth-order valence-electron chi connectivity index (χ4n) is 2.90. The highest BCUT2D eigenvalue weighted by molar-refractivity contribution is 5.88. The van der Waals surface area contributed by atoms with Crippen molar-refractivity contribution in [3.8, 4) is 11.1 Å². The van der Waals surface area contributed by atoms with Crippen molar-refractivity contribution in [1.29, 1.82) is 0 Å². The molecular formula is C20H13F3N4O2. The zero-order valence-electron chi connectivity index (χ0n) is 14.7. The Kier molecular flexibility index (Phi) is 4.42. The van der Waals surface area contributed by atoms with Crippen LogP contribution in [0.2, 0.25) is 0 Å². The van der Waals surface area contributed by atoms with Gasteiger partial charge >= 0.3 is 11.9 Å². The number of benzene rings is 2. The fourth-order valence-corrected chi connectivity index (χ4v) is 2.90. The number of anilines is 2. The lowest BCUT2D eigenvalue weighted by Gasteiger charge is -2.11. The van der Waals surface area contributed by atoms with Gasteiger partial charge in [0.1, 0.15) is 5.82 Å². The molecule has 0 aliphatic rings. The molecule has 6 nitrogen and oxygen atoms in total. The number of nitrogens with one attached hydrogen (secondary N) is 1. The zero-order valence-corrected chi connectivity index (χ0v) is 14.7. The van der Waals surface area contributed by atoms with Crippen LogP contribution in [0.5, 0.6) is 0 Å². The summed E-state index contributed by atoms with van der Waals surface area (Å²) in [5.41, 5.74) is 0.290. The average Bonchev–Trinajstić information content (AvgIpc) is 2.71. The molecule has 0 fully saturated rings. The molecule has 0 spiro atoms. The van der Waals surface area contributed by atoms with Crippen molar-refractivity contribution in [1.82, 2.24) is 14.7 Å². The van der Waals surface area contributed by atoms with Gasteiger partial charge in [0.25, 0.3) is 0 Å². The van der Waals surface area contributed by atoms with Gasteiger partial charge in [-0.05, 0) is 47.5 Å². The van der Waals surface area contributed by atoms with Gasteiger partial charge in [0.2, 0.25) is 0 Å². The smallest absolute Gasteiger partial charge is 0.416 e. The summed E-state index contributed by atoms with van der Waals surface area (Å²) in [4.78, 5) is 19.7. The van der Waals surface area contributed by atoms with Gasteiger partial charge in [-0.25, -0.2) is 9.78 Å². The molecule has 4 aromatic rings. The number of aromatic nitrogens is 3. The summed E-state index contributed by atoms with van der Waals surface area (Å²) < 4.78 is 38.6. The third-order valence-electron chi connectivity index (χ3n) is 4.30. The van der Waals surface area contributed by atoms with E-state index in [9.17, 15) is 23.2 Å². The summed E-state index contributed by atoms with van der Waals surface area (Å²) >= 11 is 0. The van der Waals surface area contributed by atoms with Crippen molar-refractivity contribution in [2.24, 2.45) is 0 Å². The maximum atomic E-state index is 12.8. The van der Waals surface area contributed by atoms with E-state index < -0.39 is 17.4 Å². The number of nitrogens with zero attached hydrogens (tertiary/aromatic N) is 3. The van der Waals surface area contributed by atoms with Gasteiger partial charge in [-0.1, -0.05) is 24.3 Å². The monoisotopic (exact) mass is 398 g/mol. The number of rotatable bonds is 3. The van der Waals surface area contributed by atoms with Crippen LogP contribution in [-0.2, 0) is 6.18 Å². The number of alkyl halides is 3. The molecule has 0 amide bonds. The number of hydrogen-bond acceptors (Lipinski definition) is 5. The van der Waals surface area contributed by atoms with E-state index in [-0.39, 0.29) is 11.5 Å². The van der Waals surface area contributed by atoms with E-state index in [4.69, 9.17) is 0 Å². The predicted octanol–water partition coefficient (Wildman–Crippen LogP) is 4.46. The van der Waals surface area contributed by atoms with Gasteiger partial charge in [0.15, 0.2) is 5.65 Å². The molecule has 146 valence electrons. The molecule has 0 aliphatic heterocycles. The minimum atomic E-state index is -4.39. The van der Waals surface area contributed by atoms with Crippen molar-refractivity contribution in [2.75, 3.05) is 5.32 Å². The minimum Gasteiger partial charge on any atom is -0.422 e. The Morgan fingerprint density at radius 2 is 1.72 bits per heavy atom. The molecule has 9 heteroatoms. The van der Waals surface area contributed by atoms with Crippen LogP contribution in [0.25, 0.3) is 22.2 Å². The highest BCUT2D eigenvalue weighted by Crippen LogP contribution is 2.32. The molecule has 0 unspecified atom stereocenters. The molecule has 2 aromatic carbocycles. The third-order valence-corrected chi connectivity index (χ3v) is 4.30. The van der Waals surface area contributed by atoms with Gasteiger partial charge < -0.3 is 10.5 Å². The molecule has 0 radical (unpaired) electrons. The van der Waals surface area contributed by atoms with Gasteiger partial charge in [-0.2, -0.15) is 18.2 Å². The minimum absolute atomic E-state index is 0.0499. The molecule has 0 atom stereocenters. The molecular weight excluding hydrogens is 385 g/mol. The van der Waals surface area contributed by atoms with E-state index in [2.05, 4.69) is 15.3 Å². The first kappa shape index (κ1) is 18.5. The standard InChI is InChI=1S/C20H13F3N4O2/c21-20(22,23)14-8-6-12(7-9-14)13-3-1-4-15(11-13)25-17-16-5-2-10-24-18(16)27(29)19(28)26-17/h1-11,29H,(H,25,26,28). The van der Waals surface area contributed by atoms with E-state index in [1.807, 2.05) is 0 Å². The molecule has 0 saturated heterocycles. The number of pyridine rings is 1. The predicted molar refractivity (Wildman–Crippen MR) is 101 cm³/mol. The first-order valence-electron chi connectivity index (χ1n) is 8.45. The first-order chi connectivity index (χ1) is 13.8. The first-order valence-corrected chi connectivity index (χ1v) is 8.45. The van der Waals surface area contributed by atoms with E-state index in [1.165, 1.54) is 18.3 Å². The van der Waals surface area contributed by atoms with Crippen LogP contribution >= 0.6 is 0 Å². The van der Waals surface area contributed by atoms with Crippen molar-refractivity contribution in [2.45, 2.75) is 6.18 Å². The maximum Gasteiger partial charge on any atom is 0.416 e. The van der Waals surface area contributed by atoms with Crippen LogP contribution in [0.15, 0.2) is 71.7 Å². The molecule has 29 heavy (non-hydrogen) atoms. The normalized spacial score (nSPS) is 11.6. The summed E-state index contributed by atoms with van der Waals surface area (Å²) in [6.45, 7) is 0. The number of halogens is 3. The summed E-state index contributed by atoms with van der Waals surface area (Å²) in [5.74, 6) is 0.202. The Morgan fingerprint density at radius 3 is 2.45 bits per heavy atom. The van der Waals surface area contributed by atoms with E-state index in [0.717, 1.165) is 12.1 Å².